The number of amides is 1. The number of rotatable bonds is 5. The fourth-order valence-corrected chi connectivity index (χ4v) is 4.48. The van der Waals surface area contributed by atoms with Crippen LogP contribution in [0.2, 0.25) is 0 Å². The largest absolute Gasteiger partial charge is 0.491 e. The van der Waals surface area contributed by atoms with Crippen LogP contribution in [0.5, 0.6) is 5.75 Å². The molecule has 1 aromatic carbocycles. The van der Waals surface area contributed by atoms with Crippen molar-refractivity contribution in [1.29, 1.82) is 0 Å². The lowest BCUT2D eigenvalue weighted by molar-refractivity contribution is -0.140. The van der Waals surface area contributed by atoms with Crippen molar-refractivity contribution in [3.8, 4) is 5.75 Å². The molecule has 2 heterocycles. The van der Waals surface area contributed by atoms with Gasteiger partial charge < -0.3 is 14.7 Å². The zero-order chi connectivity index (χ0) is 20.3. The molecule has 3 rings (SSSR count). The molecule has 5 heteroatoms. The lowest BCUT2D eigenvalue weighted by Crippen LogP contribution is -2.54. The molecule has 0 aliphatic carbocycles. The second-order valence-corrected chi connectivity index (χ2v) is 8.97. The number of hydrogen-bond acceptors (Lipinski definition) is 4. The van der Waals surface area contributed by atoms with Crippen LogP contribution in [0.1, 0.15) is 57.1 Å². The summed E-state index contributed by atoms with van der Waals surface area (Å²) in [5, 5.41) is 10.9. The monoisotopic (exact) mass is 388 g/mol. The maximum atomic E-state index is 12.8. The molecule has 0 spiro atoms. The number of benzene rings is 1. The Morgan fingerprint density at radius 3 is 2.39 bits per heavy atom. The Labute approximate surface area is 169 Å². The van der Waals surface area contributed by atoms with Gasteiger partial charge in [0.1, 0.15) is 18.0 Å². The van der Waals surface area contributed by atoms with Crippen LogP contribution >= 0.6 is 0 Å². The smallest absolute Gasteiger partial charge is 0.237 e. The summed E-state index contributed by atoms with van der Waals surface area (Å²) >= 11 is 0. The van der Waals surface area contributed by atoms with E-state index in [1.54, 1.807) is 0 Å². The highest BCUT2D eigenvalue weighted by Crippen LogP contribution is 2.26. The highest BCUT2D eigenvalue weighted by Gasteiger charge is 2.35. The lowest BCUT2D eigenvalue weighted by atomic mass is 9.92. The Hall–Kier alpha value is -1.59. The molecule has 0 bridgehead atoms. The summed E-state index contributed by atoms with van der Waals surface area (Å²) in [5.74, 6) is 1.04. The molecule has 28 heavy (non-hydrogen) atoms. The van der Waals surface area contributed by atoms with Gasteiger partial charge in [-0.25, -0.2) is 0 Å². The van der Waals surface area contributed by atoms with Gasteiger partial charge >= 0.3 is 0 Å². The fourth-order valence-electron chi connectivity index (χ4n) is 4.48. The Balaban J connectivity index is 1.47. The maximum Gasteiger partial charge on any atom is 0.237 e. The summed E-state index contributed by atoms with van der Waals surface area (Å²) in [6.45, 7) is 10.7. The molecule has 2 fully saturated rings. The van der Waals surface area contributed by atoms with Crippen molar-refractivity contribution in [2.24, 2.45) is 0 Å². The predicted molar refractivity (Wildman–Crippen MR) is 112 cm³/mol. The van der Waals surface area contributed by atoms with Gasteiger partial charge in [-0.2, -0.15) is 0 Å². The van der Waals surface area contributed by atoms with E-state index in [0.717, 1.165) is 31.7 Å². The first-order chi connectivity index (χ1) is 13.3. The van der Waals surface area contributed by atoms with E-state index in [1.165, 1.54) is 17.5 Å². The molecular formula is C23H36N2O3. The maximum absolute atomic E-state index is 12.8. The number of hydrogen-bond donors (Lipinski definition) is 1. The molecule has 1 aromatic rings. The summed E-state index contributed by atoms with van der Waals surface area (Å²) in [5.41, 5.74) is 1.62. The van der Waals surface area contributed by atoms with E-state index in [-0.39, 0.29) is 5.91 Å². The van der Waals surface area contributed by atoms with E-state index in [2.05, 4.69) is 37.5 Å². The first-order valence-electron chi connectivity index (χ1n) is 10.7. The third-order valence-electron chi connectivity index (χ3n) is 6.61. The number of nitrogens with zero attached hydrogens (tertiary/aromatic N) is 2. The van der Waals surface area contributed by atoms with Gasteiger partial charge in [0.05, 0.1) is 6.54 Å². The Morgan fingerprint density at radius 1 is 1.14 bits per heavy atom. The summed E-state index contributed by atoms with van der Waals surface area (Å²) in [6, 6.07) is 6.70. The molecule has 0 aromatic heterocycles. The molecule has 156 valence electrons. The summed E-state index contributed by atoms with van der Waals surface area (Å²) in [4.78, 5) is 17.1. The summed E-state index contributed by atoms with van der Waals surface area (Å²) in [6.07, 6.45) is 4.69. The number of carbonyl (C=O) groups is 1. The topological polar surface area (TPSA) is 53.0 Å². The van der Waals surface area contributed by atoms with E-state index in [0.29, 0.717) is 38.1 Å². The van der Waals surface area contributed by atoms with Gasteiger partial charge in [-0.1, -0.05) is 6.07 Å². The second-order valence-electron chi connectivity index (χ2n) is 8.97. The average Bonchev–Trinajstić information content (AvgIpc) is 2.65. The van der Waals surface area contributed by atoms with Gasteiger partial charge in [0.2, 0.25) is 5.91 Å². The van der Waals surface area contributed by atoms with Crippen molar-refractivity contribution in [1.82, 2.24) is 9.80 Å². The minimum atomic E-state index is -0.815. The normalized spacial score (nSPS) is 25.5. The number of aliphatic hydroxyl groups is 1. The van der Waals surface area contributed by atoms with Crippen molar-refractivity contribution in [3.05, 3.63) is 29.3 Å². The third-order valence-corrected chi connectivity index (χ3v) is 6.61. The van der Waals surface area contributed by atoms with Crippen LogP contribution in [0.4, 0.5) is 0 Å². The third kappa shape index (κ3) is 5.06. The summed E-state index contributed by atoms with van der Waals surface area (Å²) in [7, 11) is 0. The van der Waals surface area contributed by atoms with E-state index in [4.69, 9.17) is 4.74 Å². The van der Waals surface area contributed by atoms with Crippen molar-refractivity contribution in [2.45, 2.75) is 77.5 Å². The molecule has 2 atom stereocenters. The zero-order valence-corrected chi connectivity index (χ0v) is 17.9. The standard InChI is InChI=1S/C23H36N2O3/c1-17-8-9-21(14-18(17)2)28-16-23(27)10-12-24(13-11-23)15-22(26)25-19(3)6-5-7-20(25)4/h8-9,14,19-20,27H,5-7,10-13,15-16H2,1-4H3. The van der Waals surface area contributed by atoms with Gasteiger partial charge in [0.25, 0.3) is 0 Å². The van der Waals surface area contributed by atoms with Crippen LogP contribution in [-0.4, -0.2) is 64.7 Å². The number of ether oxygens (including phenoxy) is 1. The highest BCUT2D eigenvalue weighted by atomic mass is 16.5. The molecule has 5 nitrogen and oxygen atoms in total. The molecule has 0 radical (unpaired) electrons. The van der Waals surface area contributed by atoms with Crippen LogP contribution in [0.25, 0.3) is 0 Å². The van der Waals surface area contributed by atoms with Gasteiger partial charge in [0, 0.05) is 25.2 Å². The Bertz CT molecular complexity index is 672. The summed E-state index contributed by atoms with van der Waals surface area (Å²) < 4.78 is 5.88. The molecule has 2 aliphatic heterocycles. The molecule has 2 aliphatic rings. The van der Waals surface area contributed by atoms with E-state index in [9.17, 15) is 9.90 Å². The first kappa shape index (κ1) is 21.1. The quantitative estimate of drug-likeness (QED) is 0.841. The molecule has 2 saturated heterocycles. The van der Waals surface area contributed by atoms with Crippen molar-refractivity contribution in [3.63, 3.8) is 0 Å². The minimum absolute atomic E-state index is 0.233. The van der Waals surface area contributed by atoms with E-state index in [1.807, 2.05) is 18.2 Å². The van der Waals surface area contributed by atoms with Crippen LogP contribution in [0, 0.1) is 13.8 Å². The van der Waals surface area contributed by atoms with Crippen LogP contribution < -0.4 is 4.74 Å². The van der Waals surface area contributed by atoms with Crippen molar-refractivity contribution >= 4 is 5.91 Å². The second kappa shape index (κ2) is 8.83. The Morgan fingerprint density at radius 2 is 1.79 bits per heavy atom. The minimum Gasteiger partial charge on any atom is -0.491 e. The molecular weight excluding hydrogens is 352 g/mol. The highest BCUT2D eigenvalue weighted by molar-refractivity contribution is 5.79. The number of carbonyl (C=O) groups excluding carboxylic acids is 1. The zero-order valence-electron chi connectivity index (χ0n) is 17.9. The van der Waals surface area contributed by atoms with Crippen LogP contribution in [0.15, 0.2) is 18.2 Å². The van der Waals surface area contributed by atoms with Crippen molar-refractivity contribution < 1.29 is 14.6 Å². The van der Waals surface area contributed by atoms with Crippen LogP contribution in [0.3, 0.4) is 0 Å². The van der Waals surface area contributed by atoms with Gasteiger partial charge in [-0.3, -0.25) is 9.69 Å². The fraction of sp³-hybridized carbons (Fsp3) is 0.696. The lowest BCUT2D eigenvalue weighted by Gasteiger charge is -2.42. The van der Waals surface area contributed by atoms with E-state index >= 15 is 0 Å². The molecule has 0 saturated carbocycles. The average molecular weight is 389 g/mol. The van der Waals surface area contributed by atoms with Gasteiger partial charge in [-0.05, 0) is 83.1 Å². The van der Waals surface area contributed by atoms with E-state index < -0.39 is 5.60 Å². The van der Waals surface area contributed by atoms with Gasteiger partial charge in [0.15, 0.2) is 0 Å². The SMILES string of the molecule is Cc1ccc(OCC2(O)CCN(CC(=O)N3C(C)CCCC3C)CC2)cc1C. The molecule has 2 unspecified atom stereocenters. The predicted octanol–water partition coefficient (Wildman–Crippen LogP) is 3.30. The number of likely N-dealkylation sites (tertiary alicyclic amines) is 2. The first-order valence-corrected chi connectivity index (χ1v) is 10.7. The Kier molecular flexibility index (Phi) is 6.66. The number of aryl methyl sites for hydroxylation is 2. The van der Waals surface area contributed by atoms with Gasteiger partial charge in [-0.15, -0.1) is 0 Å². The number of piperidine rings is 2. The molecule has 1 N–H and O–H groups in total. The van der Waals surface area contributed by atoms with Crippen LogP contribution in [-0.2, 0) is 4.79 Å². The van der Waals surface area contributed by atoms with Crippen molar-refractivity contribution in [2.75, 3.05) is 26.2 Å². The molecule has 1 amide bonds.